The first-order valence-electron chi connectivity index (χ1n) is 7.54. The molecule has 27 heavy (non-hydrogen) atoms. The van der Waals surface area contributed by atoms with Crippen LogP contribution in [0.1, 0.15) is 5.56 Å². The van der Waals surface area contributed by atoms with Crippen molar-refractivity contribution < 1.29 is 26.4 Å². The second-order valence-electron chi connectivity index (χ2n) is 5.68. The Morgan fingerprint density at radius 2 is 1.89 bits per heavy atom. The van der Waals surface area contributed by atoms with Crippen molar-refractivity contribution >= 4 is 26.0 Å². The van der Waals surface area contributed by atoms with Gasteiger partial charge in [0.1, 0.15) is 4.90 Å². The number of carbonyl (C=O) groups is 1. The fourth-order valence-electron chi connectivity index (χ4n) is 2.64. The minimum atomic E-state index is -4.51. The van der Waals surface area contributed by atoms with Gasteiger partial charge < -0.3 is 5.73 Å². The van der Waals surface area contributed by atoms with E-state index in [0.29, 0.717) is 0 Å². The van der Waals surface area contributed by atoms with Gasteiger partial charge in [-0.25, -0.2) is 13.4 Å². The van der Waals surface area contributed by atoms with Crippen molar-refractivity contribution in [1.29, 1.82) is 0 Å². The lowest BCUT2D eigenvalue weighted by Gasteiger charge is -2.14. The summed E-state index contributed by atoms with van der Waals surface area (Å²) >= 11 is 0. The van der Waals surface area contributed by atoms with Crippen molar-refractivity contribution in [3.63, 3.8) is 0 Å². The van der Waals surface area contributed by atoms with Gasteiger partial charge in [0, 0.05) is 23.3 Å². The maximum atomic E-state index is 13.0. The largest absolute Gasteiger partial charge is 0.393 e. The first kappa shape index (κ1) is 18.8. The number of sulfone groups is 1. The zero-order valence-electron chi connectivity index (χ0n) is 13.6. The van der Waals surface area contributed by atoms with Gasteiger partial charge in [0.05, 0.1) is 17.6 Å². The van der Waals surface area contributed by atoms with Gasteiger partial charge in [0.15, 0.2) is 0 Å². The third-order valence-electron chi connectivity index (χ3n) is 3.77. The summed E-state index contributed by atoms with van der Waals surface area (Å²) in [4.78, 5) is 18.9. The Morgan fingerprint density at radius 3 is 2.48 bits per heavy atom. The van der Waals surface area contributed by atoms with Gasteiger partial charge in [0.2, 0.25) is 0 Å². The van der Waals surface area contributed by atoms with Gasteiger partial charge >= 0.3 is 11.4 Å². The fraction of sp³-hybridized carbons (Fsp3) is 0.118. The van der Waals surface area contributed by atoms with E-state index in [9.17, 15) is 26.4 Å². The highest BCUT2D eigenvalue weighted by Crippen LogP contribution is 2.32. The van der Waals surface area contributed by atoms with E-state index in [4.69, 9.17) is 5.73 Å². The van der Waals surface area contributed by atoms with Crippen LogP contribution in [0.15, 0.2) is 53.7 Å². The smallest absolute Gasteiger partial charge is 0.356 e. The highest BCUT2D eigenvalue weighted by atomic mass is 32.2. The molecule has 3 rings (SSSR count). The molecular weight excluding hydrogens is 383 g/mol. The number of nitrogens with zero attached hydrogens (tertiary/aromatic N) is 2. The quantitative estimate of drug-likeness (QED) is 0.733. The third-order valence-corrected chi connectivity index (χ3v) is 5.21. The molecular formula is C17H12F3N3O3S. The summed E-state index contributed by atoms with van der Waals surface area (Å²) in [5, 5.41) is -1.43. The maximum Gasteiger partial charge on any atom is 0.393 e. The third kappa shape index (κ3) is 3.75. The second kappa shape index (κ2) is 6.62. The van der Waals surface area contributed by atoms with Gasteiger partial charge in [0.25, 0.3) is 9.84 Å². The van der Waals surface area contributed by atoms with E-state index >= 15 is 0 Å². The molecule has 1 aromatic carbocycles. The topological polar surface area (TPSA) is 103 Å². The Kier molecular flexibility index (Phi) is 4.60. The first-order chi connectivity index (χ1) is 12.6. The van der Waals surface area contributed by atoms with E-state index in [1.54, 1.807) is 0 Å². The van der Waals surface area contributed by atoms with E-state index in [-0.39, 0.29) is 27.7 Å². The zero-order valence-corrected chi connectivity index (χ0v) is 14.4. The Hall–Kier alpha value is -3.01. The standard InChI is InChI=1S/C17H12F3N3O3S/c18-17(19,20)8-12-7-10-3-1-5-13(27(25,26)16(21)24)15(10)23-14(12)11-4-2-6-22-9-11/h1-7,9H,8H2,(H2,21,24). The highest BCUT2D eigenvalue weighted by molar-refractivity contribution is 8.06. The minimum Gasteiger partial charge on any atom is -0.356 e. The molecule has 0 spiro atoms. The van der Waals surface area contributed by atoms with E-state index in [2.05, 4.69) is 9.97 Å². The molecule has 140 valence electrons. The molecule has 3 aromatic rings. The molecule has 0 bridgehead atoms. The summed E-state index contributed by atoms with van der Waals surface area (Å²) in [6.45, 7) is 0. The Balaban J connectivity index is 2.36. The van der Waals surface area contributed by atoms with Crippen molar-refractivity contribution in [3.8, 4) is 11.3 Å². The zero-order chi connectivity index (χ0) is 19.8. The fourth-order valence-corrected chi connectivity index (χ4v) is 3.54. The molecule has 0 atom stereocenters. The molecule has 0 aliphatic carbocycles. The van der Waals surface area contributed by atoms with Crippen LogP contribution in [-0.4, -0.2) is 29.8 Å². The van der Waals surface area contributed by atoms with Crippen LogP contribution in [0.4, 0.5) is 18.0 Å². The van der Waals surface area contributed by atoms with Gasteiger partial charge in [-0.2, -0.15) is 13.2 Å². The number of rotatable bonds is 3. The lowest BCUT2D eigenvalue weighted by molar-refractivity contribution is -0.127. The Morgan fingerprint density at radius 1 is 1.15 bits per heavy atom. The summed E-state index contributed by atoms with van der Waals surface area (Å²) in [5.41, 5.74) is 4.88. The molecule has 0 saturated carbocycles. The van der Waals surface area contributed by atoms with Gasteiger partial charge in [-0.1, -0.05) is 12.1 Å². The number of aromatic nitrogens is 2. The predicted octanol–water partition coefficient (Wildman–Crippen LogP) is 3.25. The summed E-state index contributed by atoms with van der Waals surface area (Å²) < 4.78 is 63.4. The number of hydrogen-bond donors (Lipinski definition) is 1. The number of carbonyl (C=O) groups excluding carboxylic acids is 1. The summed E-state index contributed by atoms with van der Waals surface area (Å²) in [6.07, 6.45) is -2.99. The molecule has 0 saturated heterocycles. The Bertz CT molecular complexity index is 1130. The van der Waals surface area contributed by atoms with Crippen molar-refractivity contribution in [2.24, 2.45) is 5.73 Å². The lowest BCUT2D eigenvalue weighted by atomic mass is 10.0. The normalized spacial score (nSPS) is 12.3. The number of pyridine rings is 2. The highest BCUT2D eigenvalue weighted by Gasteiger charge is 2.31. The number of halogens is 3. The van der Waals surface area contributed by atoms with E-state index in [1.165, 1.54) is 42.7 Å². The van der Waals surface area contributed by atoms with E-state index < -0.39 is 32.6 Å². The van der Waals surface area contributed by atoms with Gasteiger partial charge in [-0.15, -0.1) is 0 Å². The number of nitrogens with two attached hydrogens (primary N) is 1. The lowest BCUT2D eigenvalue weighted by Crippen LogP contribution is -2.22. The van der Waals surface area contributed by atoms with Crippen LogP contribution in [0.25, 0.3) is 22.2 Å². The number of alkyl halides is 3. The number of para-hydroxylation sites is 1. The number of fused-ring (bicyclic) bond motifs is 1. The van der Waals surface area contributed by atoms with Crippen LogP contribution in [0.2, 0.25) is 0 Å². The molecule has 0 aliphatic heterocycles. The molecule has 0 fully saturated rings. The van der Waals surface area contributed by atoms with Crippen LogP contribution >= 0.6 is 0 Å². The average Bonchev–Trinajstić information content (AvgIpc) is 2.59. The van der Waals surface area contributed by atoms with Crippen LogP contribution in [-0.2, 0) is 16.3 Å². The van der Waals surface area contributed by atoms with Gasteiger partial charge in [-0.3, -0.25) is 9.78 Å². The monoisotopic (exact) mass is 395 g/mol. The number of amides is 1. The number of benzene rings is 1. The van der Waals surface area contributed by atoms with Crippen molar-refractivity contribution in [2.45, 2.75) is 17.5 Å². The Labute approximate surface area is 151 Å². The number of hydrogen-bond acceptors (Lipinski definition) is 5. The molecule has 6 nitrogen and oxygen atoms in total. The first-order valence-corrected chi connectivity index (χ1v) is 9.02. The minimum absolute atomic E-state index is 0.0694. The van der Waals surface area contributed by atoms with Gasteiger partial charge in [-0.05, 0) is 29.8 Å². The molecule has 2 heterocycles. The second-order valence-corrected chi connectivity index (χ2v) is 7.53. The summed E-state index contributed by atoms with van der Waals surface area (Å²) in [7, 11) is -4.51. The van der Waals surface area contributed by atoms with Crippen LogP contribution in [0, 0.1) is 0 Å². The molecule has 0 radical (unpaired) electrons. The van der Waals surface area contributed by atoms with Crippen molar-refractivity contribution in [1.82, 2.24) is 9.97 Å². The predicted molar refractivity (Wildman–Crippen MR) is 91.5 cm³/mol. The number of primary amides is 1. The van der Waals surface area contributed by atoms with Crippen LogP contribution < -0.4 is 5.73 Å². The molecule has 2 N–H and O–H groups in total. The van der Waals surface area contributed by atoms with Crippen LogP contribution in [0.3, 0.4) is 0 Å². The summed E-state index contributed by atoms with van der Waals surface area (Å²) in [5.74, 6) is 0. The molecule has 10 heteroatoms. The maximum absolute atomic E-state index is 13.0. The SMILES string of the molecule is NC(=O)S(=O)(=O)c1cccc2cc(CC(F)(F)F)c(-c3cccnc3)nc12. The van der Waals surface area contributed by atoms with Crippen molar-refractivity contribution in [3.05, 3.63) is 54.4 Å². The molecule has 1 amide bonds. The summed E-state index contributed by atoms with van der Waals surface area (Å²) in [6, 6.07) is 8.08. The molecule has 0 unspecified atom stereocenters. The van der Waals surface area contributed by atoms with Crippen LogP contribution in [0.5, 0.6) is 0 Å². The average molecular weight is 395 g/mol. The molecule has 2 aromatic heterocycles. The van der Waals surface area contributed by atoms with E-state index in [1.807, 2.05) is 0 Å². The van der Waals surface area contributed by atoms with Crippen molar-refractivity contribution in [2.75, 3.05) is 0 Å². The molecule has 0 aliphatic rings. The van der Waals surface area contributed by atoms with E-state index in [0.717, 1.165) is 6.07 Å².